The summed E-state index contributed by atoms with van der Waals surface area (Å²) in [4.78, 5) is 27.1. The van der Waals surface area contributed by atoms with Crippen molar-refractivity contribution < 1.29 is 18.8 Å². The van der Waals surface area contributed by atoms with E-state index >= 15 is 0 Å². The third-order valence-electron chi connectivity index (χ3n) is 5.30. The average Bonchev–Trinajstić information content (AvgIpc) is 2.71. The summed E-state index contributed by atoms with van der Waals surface area (Å²) in [5.41, 5.74) is 6.38. The number of nitrogen functional groups attached to an aromatic ring is 1. The Hall–Kier alpha value is -3.20. The van der Waals surface area contributed by atoms with Crippen molar-refractivity contribution in [3.8, 4) is 5.75 Å². The Labute approximate surface area is 174 Å². The molecule has 2 atom stereocenters. The van der Waals surface area contributed by atoms with Gasteiger partial charge in [0.1, 0.15) is 17.3 Å². The van der Waals surface area contributed by atoms with Crippen molar-refractivity contribution in [3.05, 3.63) is 64.0 Å². The summed E-state index contributed by atoms with van der Waals surface area (Å²) < 4.78 is 18.6. The van der Waals surface area contributed by atoms with E-state index in [2.05, 4.69) is 4.90 Å². The first-order valence-electron chi connectivity index (χ1n) is 9.69. The number of ether oxygens (including phenoxy) is 1. The lowest BCUT2D eigenvalue weighted by atomic mass is 10.1. The first-order valence-corrected chi connectivity index (χ1v) is 9.69. The van der Waals surface area contributed by atoms with Crippen LogP contribution in [0.3, 0.4) is 0 Å². The Kier molecular flexibility index (Phi) is 6.51. The lowest BCUT2D eigenvalue weighted by Crippen LogP contribution is -2.58. The lowest BCUT2D eigenvalue weighted by molar-refractivity contribution is -0.384. The highest BCUT2D eigenvalue weighted by molar-refractivity contribution is 5.78. The number of hydrogen-bond donors (Lipinski definition) is 1. The van der Waals surface area contributed by atoms with E-state index in [-0.39, 0.29) is 47.5 Å². The molecule has 2 aromatic rings. The summed E-state index contributed by atoms with van der Waals surface area (Å²) >= 11 is 0. The maximum atomic E-state index is 13.1. The number of anilines is 1. The number of rotatable bonds is 6. The Balaban J connectivity index is 1.58. The molecular formula is C21H25FN4O4. The molecule has 1 fully saturated rings. The van der Waals surface area contributed by atoms with E-state index in [1.54, 1.807) is 17.0 Å². The third kappa shape index (κ3) is 5.04. The number of nitro groups is 1. The van der Waals surface area contributed by atoms with E-state index in [1.807, 2.05) is 13.8 Å². The smallest absolute Gasteiger partial charge is 0.295 e. The summed E-state index contributed by atoms with van der Waals surface area (Å²) in [5, 5.41) is 11.0. The lowest BCUT2D eigenvalue weighted by Gasteiger charge is -2.44. The number of benzene rings is 2. The normalized spacial score (nSPS) is 19.5. The fourth-order valence-corrected chi connectivity index (χ4v) is 3.59. The van der Waals surface area contributed by atoms with Gasteiger partial charge >= 0.3 is 0 Å². The number of amides is 1. The number of nitrogens with two attached hydrogens (primary N) is 1. The van der Waals surface area contributed by atoms with Crippen molar-refractivity contribution >= 4 is 17.3 Å². The van der Waals surface area contributed by atoms with Crippen molar-refractivity contribution in [2.24, 2.45) is 0 Å². The van der Waals surface area contributed by atoms with Crippen LogP contribution >= 0.6 is 0 Å². The summed E-state index contributed by atoms with van der Waals surface area (Å²) in [6, 6.07) is 10.6. The molecule has 0 radical (unpaired) electrons. The standard InChI is InChI=1S/C21H25FN4O4/c1-14-11-25(15(2)10-24(14)12-16-3-5-17(22)6-4-16)21(27)13-30-18-7-8-19(23)20(9-18)26(28)29/h3-9,14-15H,10-13,23H2,1-2H3. The van der Waals surface area contributed by atoms with E-state index in [9.17, 15) is 19.3 Å². The van der Waals surface area contributed by atoms with Gasteiger partial charge in [0.25, 0.3) is 11.6 Å². The van der Waals surface area contributed by atoms with Gasteiger partial charge in [-0.2, -0.15) is 0 Å². The predicted molar refractivity (Wildman–Crippen MR) is 110 cm³/mol. The van der Waals surface area contributed by atoms with Gasteiger partial charge in [-0.1, -0.05) is 12.1 Å². The first-order chi connectivity index (χ1) is 14.2. The predicted octanol–water partition coefficient (Wildman–Crippen LogP) is 2.82. The van der Waals surface area contributed by atoms with E-state index in [0.29, 0.717) is 19.6 Å². The Morgan fingerprint density at radius 2 is 1.90 bits per heavy atom. The number of carbonyl (C=O) groups is 1. The highest BCUT2D eigenvalue weighted by atomic mass is 19.1. The molecule has 1 saturated heterocycles. The molecule has 0 bridgehead atoms. The molecule has 2 aromatic carbocycles. The Morgan fingerprint density at radius 1 is 1.20 bits per heavy atom. The van der Waals surface area contributed by atoms with Crippen LogP contribution in [0.5, 0.6) is 5.75 Å². The van der Waals surface area contributed by atoms with Crippen LogP contribution < -0.4 is 10.5 Å². The molecule has 2 unspecified atom stereocenters. The molecule has 3 rings (SSSR count). The molecule has 160 valence electrons. The second-order valence-electron chi connectivity index (χ2n) is 7.57. The maximum absolute atomic E-state index is 13.1. The third-order valence-corrected chi connectivity index (χ3v) is 5.30. The van der Waals surface area contributed by atoms with Gasteiger partial charge in [0.15, 0.2) is 6.61 Å². The van der Waals surface area contributed by atoms with Crippen LogP contribution in [0.1, 0.15) is 19.4 Å². The molecule has 30 heavy (non-hydrogen) atoms. The molecule has 0 saturated carbocycles. The fourth-order valence-electron chi connectivity index (χ4n) is 3.59. The molecule has 2 N–H and O–H groups in total. The molecule has 0 spiro atoms. The zero-order chi connectivity index (χ0) is 21.8. The zero-order valence-electron chi connectivity index (χ0n) is 17.0. The minimum Gasteiger partial charge on any atom is -0.484 e. The molecule has 1 aliphatic heterocycles. The van der Waals surface area contributed by atoms with Crippen LogP contribution in [0, 0.1) is 15.9 Å². The topological polar surface area (TPSA) is 102 Å². The van der Waals surface area contributed by atoms with Crippen molar-refractivity contribution in [3.63, 3.8) is 0 Å². The van der Waals surface area contributed by atoms with Crippen molar-refractivity contribution in [2.75, 3.05) is 25.4 Å². The van der Waals surface area contributed by atoms with Gasteiger partial charge in [-0.05, 0) is 43.7 Å². The highest BCUT2D eigenvalue weighted by Crippen LogP contribution is 2.26. The second-order valence-corrected chi connectivity index (χ2v) is 7.57. The summed E-state index contributed by atoms with van der Waals surface area (Å²) in [7, 11) is 0. The Bertz CT molecular complexity index is 922. The van der Waals surface area contributed by atoms with E-state index in [4.69, 9.17) is 10.5 Å². The Morgan fingerprint density at radius 3 is 2.57 bits per heavy atom. The van der Waals surface area contributed by atoms with E-state index < -0.39 is 4.92 Å². The van der Waals surface area contributed by atoms with Crippen molar-refractivity contribution in [2.45, 2.75) is 32.5 Å². The van der Waals surface area contributed by atoms with Crippen LogP contribution in [0.25, 0.3) is 0 Å². The average molecular weight is 416 g/mol. The van der Waals surface area contributed by atoms with Crippen LogP contribution in [0.2, 0.25) is 0 Å². The highest BCUT2D eigenvalue weighted by Gasteiger charge is 2.32. The van der Waals surface area contributed by atoms with E-state index in [0.717, 1.165) is 5.56 Å². The zero-order valence-corrected chi connectivity index (χ0v) is 17.0. The molecule has 9 heteroatoms. The number of carbonyl (C=O) groups excluding carboxylic acids is 1. The van der Waals surface area contributed by atoms with Crippen LogP contribution in [-0.4, -0.2) is 52.4 Å². The van der Waals surface area contributed by atoms with Crippen LogP contribution in [0.4, 0.5) is 15.8 Å². The summed E-state index contributed by atoms with van der Waals surface area (Å²) in [6.07, 6.45) is 0. The van der Waals surface area contributed by atoms with Gasteiger partial charge in [-0.15, -0.1) is 0 Å². The number of halogens is 1. The largest absolute Gasteiger partial charge is 0.484 e. The van der Waals surface area contributed by atoms with Gasteiger partial charge in [-0.3, -0.25) is 19.8 Å². The number of piperazine rings is 1. The summed E-state index contributed by atoms with van der Waals surface area (Å²) in [6.45, 7) is 5.69. The van der Waals surface area contributed by atoms with Crippen LogP contribution in [-0.2, 0) is 11.3 Å². The minimum absolute atomic E-state index is 0.0292. The maximum Gasteiger partial charge on any atom is 0.295 e. The fraction of sp³-hybridized carbons (Fsp3) is 0.381. The van der Waals surface area contributed by atoms with Gasteiger partial charge in [0.05, 0.1) is 11.0 Å². The monoisotopic (exact) mass is 416 g/mol. The number of nitro benzene ring substituents is 1. The minimum atomic E-state index is -0.589. The van der Waals surface area contributed by atoms with Gasteiger partial charge in [0, 0.05) is 31.7 Å². The molecule has 0 aliphatic carbocycles. The second kappa shape index (κ2) is 9.08. The van der Waals surface area contributed by atoms with Crippen molar-refractivity contribution in [1.29, 1.82) is 0 Å². The molecule has 0 aromatic heterocycles. The van der Waals surface area contributed by atoms with Gasteiger partial charge in [0.2, 0.25) is 0 Å². The molecule has 8 nitrogen and oxygen atoms in total. The first kappa shape index (κ1) is 21.5. The van der Waals surface area contributed by atoms with Crippen molar-refractivity contribution in [1.82, 2.24) is 9.80 Å². The van der Waals surface area contributed by atoms with Gasteiger partial charge in [-0.25, -0.2) is 4.39 Å². The molecular weight excluding hydrogens is 391 g/mol. The van der Waals surface area contributed by atoms with Gasteiger partial charge < -0.3 is 15.4 Å². The molecule has 1 aliphatic rings. The molecule has 1 amide bonds. The number of nitrogens with zero attached hydrogens (tertiary/aromatic N) is 3. The van der Waals surface area contributed by atoms with E-state index in [1.165, 1.54) is 30.3 Å². The van der Waals surface area contributed by atoms with Crippen LogP contribution in [0.15, 0.2) is 42.5 Å². The SMILES string of the molecule is CC1CN(C(=O)COc2ccc(N)c([N+](=O)[O-])c2)C(C)CN1Cc1ccc(F)cc1. The quantitative estimate of drug-likeness (QED) is 0.441. The summed E-state index contributed by atoms with van der Waals surface area (Å²) in [5.74, 6) is -0.225. The molecule has 1 heterocycles. The number of hydrogen-bond acceptors (Lipinski definition) is 6.